The van der Waals surface area contributed by atoms with Gasteiger partial charge in [0.2, 0.25) is 6.41 Å². The number of nitrogens with one attached hydrogen (secondary N) is 1. The fourth-order valence-corrected chi connectivity index (χ4v) is 1.27. The van der Waals surface area contributed by atoms with Crippen LogP contribution in [0.5, 0.6) is 0 Å². The molecule has 1 atom stereocenters. The maximum atomic E-state index is 10.0. The second-order valence-corrected chi connectivity index (χ2v) is 4.08. The van der Waals surface area contributed by atoms with Gasteiger partial charge in [0.15, 0.2) is 0 Å². The van der Waals surface area contributed by atoms with Gasteiger partial charge in [-0.15, -0.1) is 0 Å². The lowest BCUT2D eigenvalue weighted by Crippen LogP contribution is -2.12. The van der Waals surface area contributed by atoms with Crippen molar-refractivity contribution in [2.75, 3.05) is 6.54 Å². The molecular weight excluding hydrogens is 210 g/mol. The van der Waals surface area contributed by atoms with Crippen LogP contribution in [0.2, 0.25) is 0 Å². The molecule has 0 bridgehead atoms. The summed E-state index contributed by atoms with van der Waals surface area (Å²) in [5.41, 5.74) is 1.16. The van der Waals surface area contributed by atoms with Crippen LogP contribution in [-0.4, -0.2) is 13.0 Å². The van der Waals surface area contributed by atoms with E-state index in [0.29, 0.717) is 5.92 Å². The van der Waals surface area contributed by atoms with Gasteiger partial charge in [-0.25, -0.2) is 0 Å². The van der Waals surface area contributed by atoms with E-state index in [-0.39, 0.29) is 0 Å². The molecule has 0 saturated heterocycles. The molecule has 0 heterocycles. The molecule has 0 radical (unpaired) electrons. The van der Waals surface area contributed by atoms with Crippen LogP contribution in [0.1, 0.15) is 26.7 Å². The predicted molar refractivity (Wildman–Crippen MR) is 74.7 cm³/mol. The molecule has 0 rings (SSSR count). The highest BCUT2D eigenvalue weighted by atomic mass is 16.1. The van der Waals surface area contributed by atoms with Gasteiger partial charge in [-0.1, -0.05) is 55.5 Å². The Morgan fingerprint density at radius 3 is 2.76 bits per heavy atom. The van der Waals surface area contributed by atoms with Crippen LogP contribution < -0.4 is 5.32 Å². The fourth-order valence-electron chi connectivity index (χ4n) is 1.27. The lowest BCUT2D eigenvalue weighted by Gasteiger charge is -2.04. The van der Waals surface area contributed by atoms with Crippen LogP contribution in [0.3, 0.4) is 0 Å². The Hall–Kier alpha value is -1.57. The van der Waals surface area contributed by atoms with Crippen LogP contribution in [-0.2, 0) is 4.79 Å². The van der Waals surface area contributed by atoms with Gasteiger partial charge in [-0.2, -0.15) is 0 Å². The Morgan fingerprint density at radius 2 is 2.12 bits per heavy atom. The maximum Gasteiger partial charge on any atom is 0.207 e. The Labute approximate surface area is 105 Å². The van der Waals surface area contributed by atoms with Gasteiger partial charge in [0.25, 0.3) is 0 Å². The molecule has 0 aromatic rings. The molecule has 0 spiro atoms. The summed E-state index contributed by atoms with van der Waals surface area (Å²) in [6.45, 7) is 8.64. The van der Waals surface area contributed by atoms with Crippen LogP contribution in [0.15, 0.2) is 48.6 Å². The summed E-state index contributed by atoms with van der Waals surface area (Å²) >= 11 is 0. The standard InChI is InChI=1S/C15H23NO/c1-4-14(2)9-6-5-7-10-15(3)11-8-12-16-13-17/h4-7,9-10,13,15H,1,8,11-12H2,2-3H3,(H,16,17)/b6-5-,10-7+,14-9+. The minimum absolute atomic E-state index is 0.539. The van der Waals surface area contributed by atoms with Crippen LogP contribution >= 0.6 is 0 Å². The van der Waals surface area contributed by atoms with Crippen molar-refractivity contribution in [1.82, 2.24) is 5.32 Å². The van der Waals surface area contributed by atoms with Gasteiger partial charge in [-0.3, -0.25) is 4.79 Å². The van der Waals surface area contributed by atoms with Crippen LogP contribution in [0, 0.1) is 5.92 Å². The first-order valence-electron chi connectivity index (χ1n) is 6.02. The van der Waals surface area contributed by atoms with E-state index >= 15 is 0 Å². The van der Waals surface area contributed by atoms with Crippen molar-refractivity contribution in [3.05, 3.63) is 48.6 Å². The first kappa shape index (κ1) is 15.4. The van der Waals surface area contributed by atoms with Gasteiger partial charge in [0.1, 0.15) is 0 Å². The SMILES string of the molecule is C=C/C(C)=C/C=C\C=C\C(C)CCCNC=O. The molecule has 0 aromatic carbocycles. The van der Waals surface area contributed by atoms with E-state index in [1.54, 1.807) is 0 Å². The van der Waals surface area contributed by atoms with E-state index < -0.39 is 0 Å². The number of carbonyl (C=O) groups is 1. The second-order valence-electron chi connectivity index (χ2n) is 4.08. The molecule has 1 N–H and O–H groups in total. The van der Waals surface area contributed by atoms with E-state index in [4.69, 9.17) is 0 Å². The lowest BCUT2D eigenvalue weighted by molar-refractivity contribution is -0.109. The predicted octanol–water partition coefficient (Wildman–Crippen LogP) is 3.39. The Balaban J connectivity index is 3.76. The normalized spacial score (nSPS) is 14.1. The Morgan fingerprint density at radius 1 is 1.35 bits per heavy atom. The highest BCUT2D eigenvalue weighted by Crippen LogP contribution is 2.06. The molecule has 1 amide bonds. The summed E-state index contributed by atoms with van der Waals surface area (Å²) in [6.07, 6.45) is 15.0. The monoisotopic (exact) mass is 233 g/mol. The third kappa shape index (κ3) is 10.7. The molecule has 0 saturated carbocycles. The summed E-state index contributed by atoms with van der Waals surface area (Å²) in [4.78, 5) is 10.0. The van der Waals surface area contributed by atoms with Gasteiger partial charge in [0, 0.05) is 6.54 Å². The smallest absolute Gasteiger partial charge is 0.207 e. The van der Waals surface area contributed by atoms with Crippen LogP contribution in [0.25, 0.3) is 0 Å². The summed E-state index contributed by atoms with van der Waals surface area (Å²) < 4.78 is 0. The summed E-state index contributed by atoms with van der Waals surface area (Å²) in [5, 5.41) is 2.66. The molecule has 1 unspecified atom stereocenters. The number of hydrogen-bond donors (Lipinski definition) is 1. The number of hydrogen-bond acceptors (Lipinski definition) is 1. The third-order valence-electron chi connectivity index (χ3n) is 2.41. The van der Waals surface area contributed by atoms with Crippen molar-refractivity contribution in [2.24, 2.45) is 5.92 Å². The molecule has 0 aliphatic heterocycles. The molecule has 94 valence electrons. The van der Waals surface area contributed by atoms with E-state index in [1.165, 1.54) is 0 Å². The van der Waals surface area contributed by atoms with Crippen LogP contribution in [0.4, 0.5) is 0 Å². The lowest BCUT2D eigenvalue weighted by atomic mass is 10.1. The zero-order valence-electron chi connectivity index (χ0n) is 10.9. The topological polar surface area (TPSA) is 29.1 Å². The van der Waals surface area contributed by atoms with Gasteiger partial charge < -0.3 is 5.32 Å². The fraction of sp³-hybridized carbons (Fsp3) is 0.400. The number of allylic oxidation sites excluding steroid dienone is 7. The Bertz CT molecular complexity index is 300. The molecule has 17 heavy (non-hydrogen) atoms. The minimum atomic E-state index is 0.539. The number of rotatable bonds is 9. The molecule has 0 aromatic heterocycles. The van der Waals surface area contributed by atoms with Gasteiger partial charge in [-0.05, 0) is 25.7 Å². The molecule has 2 heteroatoms. The first-order valence-corrected chi connectivity index (χ1v) is 6.02. The maximum absolute atomic E-state index is 10.0. The van der Waals surface area contributed by atoms with Gasteiger partial charge in [0.05, 0.1) is 0 Å². The van der Waals surface area contributed by atoms with Crippen molar-refractivity contribution >= 4 is 6.41 Å². The highest BCUT2D eigenvalue weighted by Gasteiger charge is 1.95. The summed E-state index contributed by atoms with van der Waals surface area (Å²) in [6, 6.07) is 0. The minimum Gasteiger partial charge on any atom is -0.359 e. The largest absolute Gasteiger partial charge is 0.359 e. The van der Waals surface area contributed by atoms with E-state index in [2.05, 4.69) is 31.0 Å². The summed E-state index contributed by atoms with van der Waals surface area (Å²) in [7, 11) is 0. The third-order valence-corrected chi connectivity index (χ3v) is 2.41. The van der Waals surface area contributed by atoms with Crippen molar-refractivity contribution in [3.8, 4) is 0 Å². The average Bonchev–Trinajstić information content (AvgIpc) is 2.34. The quantitative estimate of drug-likeness (QED) is 0.369. The molecule has 0 aliphatic rings. The zero-order valence-corrected chi connectivity index (χ0v) is 10.9. The van der Waals surface area contributed by atoms with E-state index in [1.807, 2.05) is 31.2 Å². The zero-order chi connectivity index (χ0) is 12.9. The first-order chi connectivity index (χ1) is 8.20. The number of amides is 1. The van der Waals surface area contributed by atoms with E-state index in [0.717, 1.165) is 31.4 Å². The van der Waals surface area contributed by atoms with Crippen molar-refractivity contribution < 1.29 is 4.79 Å². The number of carbonyl (C=O) groups excluding carboxylic acids is 1. The van der Waals surface area contributed by atoms with Crippen molar-refractivity contribution in [3.63, 3.8) is 0 Å². The second kappa shape index (κ2) is 10.9. The van der Waals surface area contributed by atoms with Crippen molar-refractivity contribution in [1.29, 1.82) is 0 Å². The average molecular weight is 233 g/mol. The highest BCUT2D eigenvalue weighted by molar-refractivity contribution is 5.45. The van der Waals surface area contributed by atoms with Crippen molar-refractivity contribution in [2.45, 2.75) is 26.7 Å². The summed E-state index contributed by atoms with van der Waals surface area (Å²) in [5.74, 6) is 0.539. The Kier molecular flexibility index (Phi) is 9.92. The van der Waals surface area contributed by atoms with E-state index in [9.17, 15) is 4.79 Å². The molecular formula is C15H23NO. The molecule has 0 aliphatic carbocycles. The molecule has 0 fully saturated rings. The van der Waals surface area contributed by atoms with Gasteiger partial charge >= 0.3 is 0 Å². The molecule has 2 nitrogen and oxygen atoms in total.